The Morgan fingerprint density at radius 1 is 1.00 bits per heavy atom. The molecule has 148 valence electrons. The molecule has 0 aliphatic heterocycles. The molecule has 7 heteroatoms. The number of fused-ring (bicyclic) bond motifs is 1. The standard InChI is InChI=1S/C22H22N4O2S/c1-13(2)26-21(27)17-7-5-6-8-18(17)23-22(26)29-15(4)19-24-25-20(28-19)16-11-9-14(3)10-12-16/h5-13,15H,1-4H3/t15-/m0/s1. The number of para-hydroxylation sites is 1. The molecule has 29 heavy (non-hydrogen) atoms. The highest BCUT2D eigenvalue weighted by atomic mass is 32.2. The fraction of sp³-hybridized carbons (Fsp3) is 0.273. The summed E-state index contributed by atoms with van der Waals surface area (Å²) in [5.41, 5.74) is 2.71. The number of aromatic nitrogens is 4. The Morgan fingerprint density at radius 2 is 1.72 bits per heavy atom. The van der Waals surface area contributed by atoms with Crippen LogP contribution in [0.2, 0.25) is 0 Å². The van der Waals surface area contributed by atoms with Gasteiger partial charge in [0.2, 0.25) is 11.8 Å². The van der Waals surface area contributed by atoms with Gasteiger partial charge in [0, 0.05) is 11.6 Å². The lowest BCUT2D eigenvalue weighted by atomic mass is 10.1. The van der Waals surface area contributed by atoms with Crippen molar-refractivity contribution in [3.63, 3.8) is 0 Å². The molecule has 0 fully saturated rings. The van der Waals surface area contributed by atoms with Crippen molar-refractivity contribution < 1.29 is 4.42 Å². The molecule has 4 rings (SSSR count). The molecule has 6 nitrogen and oxygen atoms in total. The lowest BCUT2D eigenvalue weighted by Crippen LogP contribution is -2.25. The summed E-state index contributed by atoms with van der Waals surface area (Å²) in [6.45, 7) is 7.97. The highest BCUT2D eigenvalue weighted by molar-refractivity contribution is 7.99. The first-order valence-corrected chi connectivity index (χ1v) is 10.4. The fourth-order valence-corrected chi connectivity index (χ4v) is 4.15. The highest BCUT2D eigenvalue weighted by Gasteiger charge is 2.21. The Labute approximate surface area is 173 Å². The van der Waals surface area contributed by atoms with Crippen molar-refractivity contribution in [2.45, 2.75) is 44.1 Å². The number of benzene rings is 2. The van der Waals surface area contributed by atoms with Gasteiger partial charge in [-0.15, -0.1) is 10.2 Å². The van der Waals surface area contributed by atoms with Gasteiger partial charge in [0.1, 0.15) is 0 Å². The maximum Gasteiger partial charge on any atom is 0.262 e. The van der Waals surface area contributed by atoms with Crippen LogP contribution < -0.4 is 5.56 Å². The number of aryl methyl sites for hydroxylation is 1. The molecule has 0 spiro atoms. The van der Waals surface area contributed by atoms with E-state index in [0.717, 1.165) is 5.56 Å². The minimum atomic E-state index is -0.153. The second-order valence-corrected chi connectivity index (χ2v) is 8.56. The fourth-order valence-electron chi connectivity index (χ4n) is 3.08. The van der Waals surface area contributed by atoms with Crippen LogP contribution in [0.3, 0.4) is 0 Å². The summed E-state index contributed by atoms with van der Waals surface area (Å²) in [6, 6.07) is 15.4. The minimum Gasteiger partial charge on any atom is -0.419 e. The van der Waals surface area contributed by atoms with Crippen molar-refractivity contribution in [2.75, 3.05) is 0 Å². The number of hydrogen-bond donors (Lipinski definition) is 0. The molecule has 1 atom stereocenters. The molecule has 0 bridgehead atoms. The largest absolute Gasteiger partial charge is 0.419 e. The maximum absolute atomic E-state index is 13.0. The van der Waals surface area contributed by atoms with E-state index in [1.807, 2.05) is 76.2 Å². The smallest absolute Gasteiger partial charge is 0.262 e. The van der Waals surface area contributed by atoms with Crippen LogP contribution >= 0.6 is 11.8 Å². The van der Waals surface area contributed by atoms with Gasteiger partial charge < -0.3 is 4.42 Å². The van der Waals surface area contributed by atoms with Gasteiger partial charge in [-0.2, -0.15) is 0 Å². The molecule has 0 radical (unpaired) electrons. The third-order valence-corrected chi connectivity index (χ3v) is 5.71. The van der Waals surface area contributed by atoms with Crippen molar-refractivity contribution in [3.8, 4) is 11.5 Å². The van der Waals surface area contributed by atoms with E-state index in [2.05, 4.69) is 10.2 Å². The summed E-state index contributed by atoms with van der Waals surface area (Å²) in [6.07, 6.45) is 0. The average Bonchev–Trinajstić information content (AvgIpc) is 3.19. The van der Waals surface area contributed by atoms with Gasteiger partial charge in [-0.3, -0.25) is 9.36 Å². The molecule has 0 N–H and O–H groups in total. The van der Waals surface area contributed by atoms with Crippen molar-refractivity contribution in [1.82, 2.24) is 19.7 Å². The normalized spacial score (nSPS) is 12.6. The quantitative estimate of drug-likeness (QED) is 0.335. The zero-order chi connectivity index (χ0) is 20.5. The van der Waals surface area contributed by atoms with Gasteiger partial charge in [0.25, 0.3) is 5.56 Å². The summed E-state index contributed by atoms with van der Waals surface area (Å²) < 4.78 is 7.63. The van der Waals surface area contributed by atoms with E-state index in [0.29, 0.717) is 27.8 Å². The monoisotopic (exact) mass is 406 g/mol. The first kappa shape index (κ1) is 19.4. The van der Waals surface area contributed by atoms with E-state index in [1.54, 1.807) is 4.57 Å². The molecule has 0 aliphatic rings. The topological polar surface area (TPSA) is 73.8 Å². The van der Waals surface area contributed by atoms with Crippen LogP contribution in [-0.4, -0.2) is 19.7 Å². The minimum absolute atomic E-state index is 0.0138. The summed E-state index contributed by atoms with van der Waals surface area (Å²) in [5.74, 6) is 0.989. The van der Waals surface area contributed by atoms with Gasteiger partial charge in [0.05, 0.1) is 16.2 Å². The summed E-state index contributed by atoms with van der Waals surface area (Å²) in [7, 11) is 0. The Bertz CT molecular complexity index is 1210. The van der Waals surface area contributed by atoms with Crippen molar-refractivity contribution in [2.24, 2.45) is 0 Å². The molecule has 2 aromatic heterocycles. The summed E-state index contributed by atoms with van der Waals surface area (Å²) >= 11 is 1.45. The zero-order valence-electron chi connectivity index (χ0n) is 16.8. The van der Waals surface area contributed by atoms with Gasteiger partial charge in [-0.1, -0.05) is 41.6 Å². The molecule has 4 aromatic rings. The summed E-state index contributed by atoms with van der Waals surface area (Å²) in [4.78, 5) is 17.7. The van der Waals surface area contributed by atoms with Crippen LogP contribution in [-0.2, 0) is 0 Å². The predicted octanol–water partition coefficient (Wildman–Crippen LogP) is 5.19. The van der Waals surface area contributed by atoms with Gasteiger partial charge in [0.15, 0.2) is 5.16 Å². The molecule has 2 heterocycles. The average molecular weight is 407 g/mol. The second kappa shape index (κ2) is 7.83. The third kappa shape index (κ3) is 3.82. The van der Waals surface area contributed by atoms with Gasteiger partial charge in [-0.05, 0) is 52.0 Å². The first-order chi connectivity index (χ1) is 13.9. The molecular formula is C22H22N4O2S. The number of rotatable bonds is 5. The van der Waals surface area contributed by atoms with Crippen molar-refractivity contribution >= 4 is 22.7 Å². The van der Waals surface area contributed by atoms with Gasteiger partial charge >= 0.3 is 0 Å². The molecule has 0 amide bonds. The molecule has 0 unspecified atom stereocenters. The van der Waals surface area contributed by atoms with Crippen LogP contribution in [0, 0.1) is 6.92 Å². The Morgan fingerprint density at radius 3 is 2.45 bits per heavy atom. The zero-order valence-corrected chi connectivity index (χ0v) is 17.6. The molecular weight excluding hydrogens is 384 g/mol. The maximum atomic E-state index is 13.0. The lowest BCUT2D eigenvalue weighted by Gasteiger charge is -2.17. The van der Waals surface area contributed by atoms with Gasteiger partial charge in [-0.25, -0.2) is 4.98 Å². The second-order valence-electron chi connectivity index (χ2n) is 7.25. The van der Waals surface area contributed by atoms with Crippen LogP contribution in [0.15, 0.2) is 62.9 Å². The van der Waals surface area contributed by atoms with E-state index in [4.69, 9.17) is 9.40 Å². The lowest BCUT2D eigenvalue weighted by molar-refractivity contribution is 0.502. The van der Waals surface area contributed by atoms with Crippen LogP contribution in [0.4, 0.5) is 0 Å². The van der Waals surface area contributed by atoms with Crippen LogP contribution in [0.5, 0.6) is 0 Å². The molecule has 2 aromatic carbocycles. The van der Waals surface area contributed by atoms with E-state index in [1.165, 1.54) is 17.3 Å². The number of nitrogens with zero attached hydrogens (tertiary/aromatic N) is 4. The van der Waals surface area contributed by atoms with E-state index in [-0.39, 0.29) is 16.9 Å². The number of hydrogen-bond acceptors (Lipinski definition) is 6. The predicted molar refractivity (Wildman–Crippen MR) is 115 cm³/mol. The van der Waals surface area contributed by atoms with Crippen molar-refractivity contribution in [3.05, 3.63) is 70.3 Å². The third-order valence-electron chi connectivity index (χ3n) is 4.66. The number of thioether (sulfide) groups is 1. The van der Waals surface area contributed by atoms with Crippen molar-refractivity contribution in [1.29, 1.82) is 0 Å². The van der Waals surface area contributed by atoms with E-state index in [9.17, 15) is 4.79 Å². The molecule has 0 saturated heterocycles. The highest BCUT2D eigenvalue weighted by Crippen LogP contribution is 2.35. The van der Waals surface area contributed by atoms with Crippen LogP contribution in [0.1, 0.15) is 43.5 Å². The Hall–Kier alpha value is -2.93. The summed E-state index contributed by atoms with van der Waals surface area (Å²) in [5, 5.41) is 9.52. The molecule has 0 aliphatic carbocycles. The van der Waals surface area contributed by atoms with Crippen LogP contribution in [0.25, 0.3) is 22.4 Å². The first-order valence-electron chi connectivity index (χ1n) is 9.52. The Balaban J connectivity index is 1.67. The SMILES string of the molecule is Cc1ccc(-c2nnc([C@H](C)Sc3nc4ccccc4c(=O)n3C(C)C)o2)cc1. The van der Waals surface area contributed by atoms with E-state index < -0.39 is 0 Å². The molecule has 0 saturated carbocycles. The Kier molecular flexibility index (Phi) is 5.24. The van der Waals surface area contributed by atoms with E-state index >= 15 is 0 Å².